The second kappa shape index (κ2) is 21.1. The highest BCUT2D eigenvalue weighted by Gasteiger charge is 2.43. The van der Waals surface area contributed by atoms with Gasteiger partial charge in [0.05, 0.1) is 32.3 Å². The zero-order valence-corrected chi connectivity index (χ0v) is 31.7. The molecule has 264 valence electrons. The number of carbonyl (C=O) groups is 3. The molecule has 3 atom stereocenters. The Morgan fingerprint density at radius 3 is 2.39 bits per heavy atom. The van der Waals surface area contributed by atoms with Gasteiger partial charge in [-0.3, -0.25) is 19.3 Å². The molecule has 11 heteroatoms. The number of nitrogens with zero attached hydrogens (tertiary/aromatic N) is 2. The van der Waals surface area contributed by atoms with Gasteiger partial charge >= 0.3 is 0 Å². The first-order chi connectivity index (χ1) is 21.6. The molecule has 46 heavy (non-hydrogen) atoms. The number of rotatable bonds is 22. The Hall–Kier alpha value is -1.98. The Kier molecular flexibility index (Phi) is 19.3. The summed E-state index contributed by atoms with van der Waals surface area (Å²) in [5, 5.41) is 10.8. The fourth-order valence-corrected chi connectivity index (χ4v) is 6.17. The van der Waals surface area contributed by atoms with Crippen LogP contribution < -0.4 is 0 Å². The van der Waals surface area contributed by atoms with Gasteiger partial charge in [0.25, 0.3) is 5.91 Å². The summed E-state index contributed by atoms with van der Waals surface area (Å²) >= 11 is 6.06. The van der Waals surface area contributed by atoms with Crippen molar-refractivity contribution in [3.8, 4) is 0 Å². The van der Waals surface area contributed by atoms with Crippen molar-refractivity contribution in [1.82, 2.24) is 9.80 Å². The monoisotopic (exact) mass is 684 g/mol. The summed E-state index contributed by atoms with van der Waals surface area (Å²) < 4.78 is 17.3. The van der Waals surface area contributed by atoms with Gasteiger partial charge in [-0.15, -0.1) is 0 Å². The fourth-order valence-electron chi connectivity index (χ4n) is 5.00. The summed E-state index contributed by atoms with van der Waals surface area (Å²) in [7, 11) is 2.74. The molecule has 1 rings (SSSR count). The molecule has 0 bridgehead atoms. The van der Waals surface area contributed by atoms with E-state index in [9.17, 15) is 19.5 Å². The summed E-state index contributed by atoms with van der Waals surface area (Å²) in [5.41, 5.74) is 1.95. The van der Waals surface area contributed by atoms with Gasteiger partial charge in [0.1, 0.15) is 11.8 Å². The van der Waals surface area contributed by atoms with Gasteiger partial charge in [-0.25, -0.2) is 0 Å². The van der Waals surface area contributed by atoms with E-state index in [1.54, 1.807) is 19.1 Å². The molecule has 1 unspecified atom stereocenters. The number of methoxy groups -OCH3 is 2. The van der Waals surface area contributed by atoms with Crippen LogP contribution in [0.2, 0.25) is 18.1 Å². The maximum Gasteiger partial charge on any atom is 0.257 e. The SMILES string of the molecule is CCCCCCC[C@@H](C/C=C/CCC(=O)N(C)C/C(=C\Cl)CC(O)CC(=O)N1C(=O)C=C(OC)[C@H]1CO[Si](C)(C)C(C)(C)C)OC. The van der Waals surface area contributed by atoms with Crippen LogP contribution in [0.1, 0.15) is 98.3 Å². The number of halogens is 1. The predicted molar refractivity (Wildman–Crippen MR) is 188 cm³/mol. The zero-order valence-electron chi connectivity index (χ0n) is 29.9. The quantitative estimate of drug-likeness (QED) is 0.0737. The Bertz CT molecular complexity index is 1050. The number of hydrogen-bond donors (Lipinski definition) is 1. The summed E-state index contributed by atoms with van der Waals surface area (Å²) in [6.07, 6.45) is 13.4. The van der Waals surface area contributed by atoms with Crippen molar-refractivity contribution < 1.29 is 33.4 Å². The third-order valence-corrected chi connectivity index (χ3v) is 13.8. The van der Waals surface area contributed by atoms with Crippen LogP contribution in [0, 0.1) is 0 Å². The van der Waals surface area contributed by atoms with Gasteiger partial charge < -0.3 is 23.9 Å². The van der Waals surface area contributed by atoms with Gasteiger partial charge in [0, 0.05) is 38.7 Å². The number of unbranched alkanes of at least 4 members (excludes halogenated alkanes) is 4. The molecule has 1 aliphatic rings. The number of ether oxygens (including phenoxy) is 2. The fraction of sp³-hybridized carbons (Fsp3) is 0.743. The molecule has 3 amide bonds. The molecule has 0 aliphatic carbocycles. The van der Waals surface area contributed by atoms with Crippen LogP contribution in [0.3, 0.4) is 0 Å². The van der Waals surface area contributed by atoms with E-state index in [1.807, 2.05) is 6.08 Å². The van der Waals surface area contributed by atoms with E-state index in [0.29, 0.717) is 24.2 Å². The van der Waals surface area contributed by atoms with E-state index in [1.165, 1.54) is 50.8 Å². The van der Waals surface area contributed by atoms with Crippen LogP contribution >= 0.6 is 11.6 Å². The number of carbonyl (C=O) groups excluding carboxylic acids is 3. The smallest absolute Gasteiger partial charge is 0.257 e. The molecule has 0 aromatic rings. The maximum atomic E-state index is 13.3. The normalized spacial score (nSPS) is 17.4. The van der Waals surface area contributed by atoms with Crippen LogP contribution in [-0.2, 0) is 28.3 Å². The molecule has 1 N–H and O–H groups in total. The number of aliphatic hydroxyl groups is 1. The Morgan fingerprint density at radius 1 is 1.13 bits per heavy atom. The maximum absolute atomic E-state index is 13.3. The summed E-state index contributed by atoms with van der Waals surface area (Å²) in [6, 6.07) is -0.692. The lowest BCUT2D eigenvalue weighted by Gasteiger charge is -2.38. The molecule has 0 radical (unpaired) electrons. The van der Waals surface area contributed by atoms with E-state index >= 15 is 0 Å². The number of amides is 3. The molecule has 9 nitrogen and oxygen atoms in total. The molecule has 0 fully saturated rings. The van der Waals surface area contributed by atoms with Gasteiger partial charge in [0.2, 0.25) is 11.8 Å². The Morgan fingerprint density at radius 2 is 1.80 bits per heavy atom. The highest BCUT2D eigenvalue weighted by Crippen LogP contribution is 2.37. The van der Waals surface area contributed by atoms with E-state index in [2.05, 4.69) is 46.9 Å². The highest BCUT2D eigenvalue weighted by atomic mass is 35.5. The van der Waals surface area contributed by atoms with Crippen LogP contribution in [0.15, 0.2) is 35.1 Å². The molecular weight excluding hydrogens is 624 g/mol. The average Bonchev–Trinajstić information content (AvgIpc) is 3.32. The van der Waals surface area contributed by atoms with Crippen molar-refractivity contribution in [2.75, 3.05) is 34.4 Å². The first kappa shape index (κ1) is 42.0. The molecule has 0 aromatic carbocycles. The van der Waals surface area contributed by atoms with Crippen molar-refractivity contribution in [3.05, 3.63) is 35.1 Å². The standard InChI is InChI=1S/C35H61ClN2O7Si/c1-10-11-12-13-15-18-29(43-6)19-16-14-17-20-32(40)37(5)25-27(24-36)21-28(39)22-33(41)38-30(31(44-7)23-34(38)42)26-45-46(8,9)35(2,3)4/h14,16,23-24,28-30,39H,10-13,15,17-22,25-26H2,1-9H3/b16-14+,27-24-/t28?,29-,30+/m0/s1. The third-order valence-electron chi connectivity index (χ3n) is 9.04. The molecule has 0 aromatic heterocycles. The first-order valence-electron chi connectivity index (χ1n) is 16.7. The third kappa shape index (κ3) is 14.4. The molecular formula is C35H61ClN2O7Si. The van der Waals surface area contributed by atoms with Crippen LogP contribution in [-0.4, -0.2) is 93.6 Å². The lowest BCUT2D eigenvalue weighted by Crippen LogP contribution is -2.48. The van der Waals surface area contributed by atoms with Crippen LogP contribution in [0.25, 0.3) is 0 Å². The number of hydrogen-bond acceptors (Lipinski definition) is 7. The molecule has 0 saturated heterocycles. The molecule has 1 heterocycles. The number of allylic oxidation sites excluding steroid dienone is 1. The Labute approximate surface area is 284 Å². The second-order valence-electron chi connectivity index (χ2n) is 13.8. The van der Waals surface area contributed by atoms with Crippen molar-refractivity contribution in [1.29, 1.82) is 0 Å². The minimum absolute atomic E-state index is 0.0455. The average molecular weight is 685 g/mol. The molecule has 0 saturated carbocycles. The summed E-state index contributed by atoms with van der Waals surface area (Å²) in [6.45, 7) is 13.1. The highest BCUT2D eigenvalue weighted by molar-refractivity contribution is 6.74. The van der Waals surface area contributed by atoms with Gasteiger partial charge in [-0.2, -0.15) is 0 Å². The van der Waals surface area contributed by atoms with Crippen molar-refractivity contribution in [3.63, 3.8) is 0 Å². The topological polar surface area (TPSA) is 106 Å². The van der Waals surface area contributed by atoms with Gasteiger partial charge in [0.15, 0.2) is 8.32 Å². The van der Waals surface area contributed by atoms with E-state index in [4.69, 9.17) is 25.5 Å². The lowest BCUT2D eigenvalue weighted by atomic mass is 10.1. The second-order valence-corrected chi connectivity index (χ2v) is 18.9. The van der Waals surface area contributed by atoms with E-state index < -0.39 is 32.3 Å². The largest absolute Gasteiger partial charge is 0.499 e. The van der Waals surface area contributed by atoms with Crippen molar-refractivity contribution in [2.45, 2.75) is 135 Å². The zero-order chi connectivity index (χ0) is 34.9. The van der Waals surface area contributed by atoms with Crippen LogP contribution in [0.5, 0.6) is 0 Å². The summed E-state index contributed by atoms with van der Waals surface area (Å²) in [4.78, 5) is 41.5. The van der Waals surface area contributed by atoms with Gasteiger partial charge in [-0.1, -0.05) is 83.6 Å². The van der Waals surface area contributed by atoms with E-state index in [-0.39, 0.29) is 43.0 Å². The van der Waals surface area contributed by atoms with Crippen molar-refractivity contribution >= 4 is 37.6 Å². The number of aliphatic hydroxyl groups excluding tert-OH is 1. The number of imide groups is 1. The minimum atomic E-state index is -2.16. The summed E-state index contributed by atoms with van der Waals surface area (Å²) in [5.74, 6) is -0.706. The van der Waals surface area contributed by atoms with E-state index in [0.717, 1.165) is 17.7 Å². The molecule has 1 aliphatic heterocycles. The molecule has 0 spiro atoms. The minimum Gasteiger partial charge on any atom is -0.499 e. The lowest BCUT2D eigenvalue weighted by molar-refractivity contribution is -0.145. The van der Waals surface area contributed by atoms with Crippen molar-refractivity contribution in [2.24, 2.45) is 0 Å². The van der Waals surface area contributed by atoms with Gasteiger partial charge in [-0.05, 0) is 49.4 Å². The predicted octanol–water partition coefficient (Wildman–Crippen LogP) is 7.10. The van der Waals surface area contributed by atoms with Crippen LogP contribution in [0.4, 0.5) is 0 Å². The first-order valence-corrected chi connectivity index (χ1v) is 20.1. The Balaban J connectivity index is 2.60. The number of likely N-dealkylation sites (N-methyl/N-ethyl adjacent to an activating group) is 1.